The molecule has 0 unspecified atom stereocenters. The minimum Gasteiger partial charge on any atom is -0.338 e. The van der Waals surface area contributed by atoms with Gasteiger partial charge in [0.25, 0.3) is 0 Å². The first-order chi connectivity index (χ1) is 9.22. The standard InChI is InChI=1S/C14H9BrN2S2/c15-10-6-12(19-8-10)14-16-11(7-13(18)17-14)9-4-2-1-3-5-9/h1-8H,(H,16,17,18). The molecule has 0 aliphatic heterocycles. The van der Waals surface area contributed by atoms with Gasteiger partial charge in [0, 0.05) is 15.5 Å². The van der Waals surface area contributed by atoms with Crippen molar-refractivity contribution in [1.29, 1.82) is 0 Å². The minimum atomic E-state index is 0.595. The lowest BCUT2D eigenvalue weighted by Crippen LogP contribution is -1.91. The first-order valence-corrected chi connectivity index (χ1v) is 7.72. The van der Waals surface area contributed by atoms with Crippen molar-refractivity contribution in [2.75, 3.05) is 0 Å². The Hall–Kier alpha value is -1.30. The maximum absolute atomic E-state index is 5.26. The quantitative estimate of drug-likeness (QED) is 0.636. The summed E-state index contributed by atoms with van der Waals surface area (Å²) in [5.41, 5.74) is 2.09. The Morgan fingerprint density at radius 3 is 2.63 bits per heavy atom. The van der Waals surface area contributed by atoms with Crippen LogP contribution in [0.3, 0.4) is 0 Å². The van der Waals surface area contributed by atoms with Gasteiger partial charge in [-0.25, -0.2) is 4.98 Å². The van der Waals surface area contributed by atoms with E-state index in [9.17, 15) is 0 Å². The van der Waals surface area contributed by atoms with E-state index in [1.54, 1.807) is 11.3 Å². The molecule has 0 saturated heterocycles. The zero-order valence-corrected chi connectivity index (χ0v) is 13.0. The molecule has 2 aromatic heterocycles. The summed E-state index contributed by atoms with van der Waals surface area (Å²) in [7, 11) is 0. The molecule has 0 fully saturated rings. The maximum atomic E-state index is 5.26. The molecular formula is C14H9BrN2S2. The first-order valence-electron chi connectivity index (χ1n) is 5.63. The molecule has 5 heteroatoms. The number of aromatic nitrogens is 2. The molecule has 19 heavy (non-hydrogen) atoms. The molecule has 1 aromatic carbocycles. The Balaban J connectivity index is 2.14. The zero-order chi connectivity index (χ0) is 13.2. The van der Waals surface area contributed by atoms with Crippen molar-refractivity contribution in [3.05, 3.63) is 57.0 Å². The van der Waals surface area contributed by atoms with Gasteiger partial charge in [0.1, 0.15) is 10.5 Å². The average molecular weight is 349 g/mol. The van der Waals surface area contributed by atoms with Crippen LogP contribution >= 0.6 is 39.5 Å². The van der Waals surface area contributed by atoms with Gasteiger partial charge in [-0.2, -0.15) is 0 Å². The molecule has 2 heterocycles. The van der Waals surface area contributed by atoms with Crippen LogP contribution in [0.5, 0.6) is 0 Å². The molecule has 2 nitrogen and oxygen atoms in total. The van der Waals surface area contributed by atoms with Crippen LogP contribution in [0.4, 0.5) is 0 Å². The lowest BCUT2D eigenvalue weighted by Gasteiger charge is -2.04. The van der Waals surface area contributed by atoms with E-state index in [0.29, 0.717) is 4.64 Å². The Kier molecular flexibility index (Phi) is 3.59. The summed E-state index contributed by atoms with van der Waals surface area (Å²) in [4.78, 5) is 8.80. The van der Waals surface area contributed by atoms with Gasteiger partial charge in [0.05, 0.1) is 4.88 Å². The second-order valence-electron chi connectivity index (χ2n) is 3.98. The largest absolute Gasteiger partial charge is 0.338 e. The van der Waals surface area contributed by atoms with Crippen molar-refractivity contribution in [3.8, 4) is 22.0 Å². The predicted octanol–water partition coefficient (Wildman–Crippen LogP) is 5.30. The summed E-state index contributed by atoms with van der Waals surface area (Å²) in [6.45, 7) is 0. The van der Waals surface area contributed by atoms with Crippen LogP contribution < -0.4 is 0 Å². The highest BCUT2D eigenvalue weighted by atomic mass is 79.9. The van der Waals surface area contributed by atoms with E-state index in [-0.39, 0.29) is 0 Å². The number of hydrogen-bond donors (Lipinski definition) is 1. The molecule has 0 spiro atoms. The molecular weight excluding hydrogens is 340 g/mol. The monoisotopic (exact) mass is 348 g/mol. The van der Waals surface area contributed by atoms with Crippen molar-refractivity contribution in [2.45, 2.75) is 0 Å². The minimum absolute atomic E-state index is 0.595. The Bertz CT molecular complexity index is 762. The number of hydrogen-bond acceptors (Lipinski definition) is 3. The smallest absolute Gasteiger partial charge is 0.149 e. The van der Waals surface area contributed by atoms with Crippen LogP contribution in [-0.2, 0) is 0 Å². The molecule has 0 aliphatic carbocycles. The van der Waals surface area contributed by atoms with E-state index in [2.05, 4.69) is 38.0 Å². The number of nitrogens with zero attached hydrogens (tertiary/aromatic N) is 1. The molecule has 0 saturated carbocycles. The second-order valence-corrected chi connectivity index (χ2v) is 6.22. The zero-order valence-electron chi connectivity index (χ0n) is 9.76. The summed E-state index contributed by atoms with van der Waals surface area (Å²) in [6.07, 6.45) is 0. The fraction of sp³-hybridized carbons (Fsp3) is 0. The molecule has 0 bridgehead atoms. The molecule has 3 aromatic rings. The fourth-order valence-corrected chi connectivity index (χ4v) is 3.37. The molecule has 0 aliphatic rings. The number of benzene rings is 1. The number of halogens is 1. The topological polar surface area (TPSA) is 28.7 Å². The van der Waals surface area contributed by atoms with E-state index in [1.165, 1.54) is 0 Å². The molecule has 0 radical (unpaired) electrons. The van der Waals surface area contributed by atoms with Crippen LogP contribution in [0.25, 0.3) is 22.0 Å². The Morgan fingerprint density at radius 1 is 1.16 bits per heavy atom. The first kappa shape index (κ1) is 12.7. The van der Waals surface area contributed by atoms with E-state index in [4.69, 9.17) is 12.2 Å². The Labute approximate surface area is 128 Å². The van der Waals surface area contributed by atoms with Crippen LogP contribution in [0, 0.1) is 4.64 Å². The number of thiophene rings is 1. The van der Waals surface area contributed by atoms with Crippen LogP contribution in [0.15, 0.2) is 52.3 Å². The summed E-state index contributed by atoms with van der Waals surface area (Å²) in [5.74, 6) is 0.807. The highest BCUT2D eigenvalue weighted by molar-refractivity contribution is 9.10. The van der Waals surface area contributed by atoms with Crippen LogP contribution in [0.2, 0.25) is 0 Å². The van der Waals surface area contributed by atoms with Gasteiger partial charge in [-0.05, 0) is 33.6 Å². The predicted molar refractivity (Wildman–Crippen MR) is 85.9 cm³/mol. The van der Waals surface area contributed by atoms with Gasteiger partial charge in [-0.15, -0.1) is 11.3 Å². The molecule has 94 valence electrons. The Morgan fingerprint density at radius 2 is 1.95 bits per heavy atom. The van der Waals surface area contributed by atoms with Gasteiger partial charge in [0.2, 0.25) is 0 Å². The van der Waals surface area contributed by atoms with Crippen molar-refractivity contribution in [2.24, 2.45) is 0 Å². The summed E-state index contributed by atoms with van der Waals surface area (Å²) in [5, 5.41) is 2.03. The molecule has 0 atom stereocenters. The van der Waals surface area contributed by atoms with Crippen LogP contribution in [-0.4, -0.2) is 9.97 Å². The highest BCUT2D eigenvalue weighted by Crippen LogP contribution is 2.28. The normalized spacial score (nSPS) is 10.6. The van der Waals surface area contributed by atoms with Gasteiger partial charge >= 0.3 is 0 Å². The number of nitrogens with one attached hydrogen (secondary N) is 1. The van der Waals surface area contributed by atoms with Gasteiger partial charge in [0.15, 0.2) is 0 Å². The third kappa shape index (κ3) is 2.83. The average Bonchev–Trinajstić information content (AvgIpc) is 2.86. The third-order valence-electron chi connectivity index (χ3n) is 2.63. The van der Waals surface area contributed by atoms with Gasteiger partial charge < -0.3 is 4.98 Å². The van der Waals surface area contributed by atoms with Gasteiger partial charge in [-0.1, -0.05) is 42.5 Å². The van der Waals surface area contributed by atoms with Crippen molar-refractivity contribution < 1.29 is 0 Å². The van der Waals surface area contributed by atoms with E-state index in [1.807, 2.05) is 35.7 Å². The summed E-state index contributed by atoms with van der Waals surface area (Å²) < 4.78 is 1.65. The lowest BCUT2D eigenvalue weighted by atomic mass is 10.1. The number of aromatic amines is 1. The summed E-state index contributed by atoms with van der Waals surface area (Å²) in [6, 6.07) is 14.0. The second kappa shape index (κ2) is 5.36. The van der Waals surface area contributed by atoms with E-state index in [0.717, 1.165) is 26.4 Å². The van der Waals surface area contributed by atoms with Gasteiger partial charge in [-0.3, -0.25) is 0 Å². The number of rotatable bonds is 2. The highest BCUT2D eigenvalue weighted by Gasteiger charge is 2.06. The van der Waals surface area contributed by atoms with Crippen LogP contribution in [0.1, 0.15) is 0 Å². The van der Waals surface area contributed by atoms with Crippen molar-refractivity contribution in [1.82, 2.24) is 9.97 Å². The fourth-order valence-electron chi connectivity index (χ4n) is 1.78. The molecule has 3 rings (SSSR count). The number of H-pyrrole nitrogens is 1. The molecule has 0 amide bonds. The summed E-state index contributed by atoms with van der Waals surface area (Å²) >= 11 is 10.3. The van der Waals surface area contributed by atoms with Crippen molar-refractivity contribution >= 4 is 39.5 Å². The van der Waals surface area contributed by atoms with Crippen molar-refractivity contribution in [3.63, 3.8) is 0 Å². The lowest BCUT2D eigenvalue weighted by molar-refractivity contribution is 1.17. The van der Waals surface area contributed by atoms with E-state index < -0.39 is 0 Å². The van der Waals surface area contributed by atoms with E-state index >= 15 is 0 Å². The third-order valence-corrected chi connectivity index (χ3v) is 4.54. The SMILES string of the molecule is S=c1cc(-c2ccccc2)[nH]c(-c2cc(Br)cs2)n1. The molecule has 1 N–H and O–H groups in total. The maximum Gasteiger partial charge on any atom is 0.149 e.